The molecule has 1 aliphatic carbocycles. The lowest BCUT2D eigenvalue weighted by atomic mass is 9.88. The SMILES string of the molecule is CN(C)CCN1NC2CCCc3cccc1c32. The van der Waals surface area contributed by atoms with Gasteiger partial charge in [0.2, 0.25) is 0 Å². The number of hydrazine groups is 1. The zero-order chi connectivity index (χ0) is 11.8. The van der Waals surface area contributed by atoms with Gasteiger partial charge in [-0.05, 0) is 50.6 Å². The van der Waals surface area contributed by atoms with Crippen molar-refractivity contribution in [2.45, 2.75) is 25.3 Å². The van der Waals surface area contributed by atoms with Crippen molar-refractivity contribution >= 4 is 5.69 Å². The number of anilines is 1. The Bertz CT molecular complexity index is 414. The molecule has 1 atom stereocenters. The van der Waals surface area contributed by atoms with Crippen LogP contribution in [0.1, 0.15) is 30.0 Å². The van der Waals surface area contributed by atoms with Crippen molar-refractivity contribution in [3.8, 4) is 0 Å². The van der Waals surface area contributed by atoms with Gasteiger partial charge < -0.3 is 9.91 Å². The van der Waals surface area contributed by atoms with Crippen LogP contribution in [0.5, 0.6) is 0 Å². The molecule has 2 aliphatic rings. The molecular weight excluding hydrogens is 210 g/mol. The molecule has 3 nitrogen and oxygen atoms in total. The molecule has 0 spiro atoms. The summed E-state index contributed by atoms with van der Waals surface area (Å²) in [6.45, 7) is 2.14. The van der Waals surface area contributed by atoms with Gasteiger partial charge >= 0.3 is 0 Å². The van der Waals surface area contributed by atoms with Crippen LogP contribution in [0, 0.1) is 0 Å². The second-order valence-electron chi connectivity index (χ2n) is 5.38. The van der Waals surface area contributed by atoms with Crippen LogP contribution in [0.25, 0.3) is 0 Å². The van der Waals surface area contributed by atoms with Gasteiger partial charge in [-0.1, -0.05) is 12.1 Å². The maximum Gasteiger partial charge on any atom is 0.0571 e. The summed E-state index contributed by atoms with van der Waals surface area (Å²) in [7, 11) is 4.26. The zero-order valence-electron chi connectivity index (χ0n) is 10.7. The van der Waals surface area contributed by atoms with Crippen LogP contribution in [0.4, 0.5) is 5.69 Å². The summed E-state index contributed by atoms with van der Waals surface area (Å²) in [5.74, 6) is 0. The van der Waals surface area contributed by atoms with E-state index in [-0.39, 0.29) is 0 Å². The van der Waals surface area contributed by atoms with E-state index in [1.54, 1.807) is 11.1 Å². The monoisotopic (exact) mass is 231 g/mol. The van der Waals surface area contributed by atoms with Crippen molar-refractivity contribution in [1.82, 2.24) is 10.3 Å². The molecule has 0 amide bonds. The van der Waals surface area contributed by atoms with Crippen molar-refractivity contribution in [3.63, 3.8) is 0 Å². The van der Waals surface area contributed by atoms with Gasteiger partial charge in [-0.3, -0.25) is 0 Å². The Balaban J connectivity index is 1.86. The lowest BCUT2D eigenvalue weighted by molar-refractivity contribution is 0.395. The van der Waals surface area contributed by atoms with E-state index < -0.39 is 0 Å². The van der Waals surface area contributed by atoms with Crippen molar-refractivity contribution in [3.05, 3.63) is 29.3 Å². The van der Waals surface area contributed by atoms with Crippen LogP contribution in [-0.2, 0) is 6.42 Å². The van der Waals surface area contributed by atoms with Gasteiger partial charge in [0.25, 0.3) is 0 Å². The van der Waals surface area contributed by atoms with Gasteiger partial charge in [-0.25, -0.2) is 5.43 Å². The van der Waals surface area contributed by atoms with Crippen molar-refractivity contribution in [2.24, 2.45) is 0 Å². The van der Waals surface area contributed by atoms with E-state index >= 15 is 0 Å². The van der Waals surface area contributed by atoms with Crippen molar-refractivity contribution in [1.29, 1.82) is 0 Å². The fourth-order valence-electron chi connectivity index (χ4n) is 2.97. The first kappa shape index (κ1) is 11.1. The van der Waals surface area contributed by atoms with Crippen LogP contribution in [-0.4, -0.2) is 32.1 Å². The van der Waals surface area contributed by atoms with Crippen LogP contribution >= 0.6 is 0 Å². The highest BCUT2D eigenvalue weighted by atomic mass is 15.5. The fraction of sp³-hybridized carbons (Fsp3) is 0.571. The highest BCUT2D eigenvalue weighted by Gasteiger charge is 2.31. The summed E-state index contributed by atoms with van der Waals surface area (Å²) in [6, 6.07) is 7.32. The van der Waals surface area contributed by atoms with E-state index in [1.807, 2.05) is 0 Å². The first-order valence-electron chi connectivity index (χ1n) is 6.56. The van der Waals surface area contributed by atoms with E-state index in [4.69, 9.17) is 0 Å². The largest absolute Gasteiger partial charge is 0.308 e. The minimum Gasteiger partial charge on any atom is -0.308 e. The quantitative estimate of drug-likeness (QED) is 0.858. The molecule has 92 valence electrons. The number of hydrogen-bond acceptors (Lipinski definition) is 3. The highest BCUT2D eigenvalue weighted by Crippen LogP contribution is 2.41. The third-order valence-corrected chi connectivity index (χ3v) is 3.83. The average molecular weight is 231 g/mol. The Labute approximate surface area is 103 Å². The number of hydrogen-bond donors (Lipinski definition) is 1. The lowest BCUT2D eigenvalue weighted by Crippen LogP contribution is -2.39. The molecule has 1 N–H and O–H groups in total. The molecule has 0 bridgehead atoms. The summed E-state index contributed by atoms with van der Waals surface area (Å²) in [5.41, 5.74) is 8.19. The van der Waals surface area contributed by atoms with Crippen LogP contribution in [0.2, 0.25) is 0 Å². The molecular formula is C14H21N3. The van der Waals surface area contributed by atoms with Crippen LogP contribution in [0.15, 0.2) is 18.2 Å². The summed E-state index contributed by atoms with van der Waals surface area (Å²) >= 11 is 0. The molecule has 1 aromatic rings. The average Bonchev–Trinajstić information content (AvgIpc) is 2.68. The molecule has 3 heteroatoms. The smallest absolute Gasteiger partial charge is 0.0571 e. The molecule has 1 aliphatic heterocycles. The molecule has 0 fully saturated rings. The van der Waals surface area contributed by atoms with Gasteiger partial charge in [0.05, 0.1) is 11.7 Å². The molecule has 1 aromatic carbocycles. The Kier molecular flexibility index (Phi) is 2.81. The summed E-state index contributed by atoms with van der Waals surface area (Å²) < 4.78 is 0. The van der Waals surface area contributed by atoms with E-state index in [9.17, 15) is 0 Å². The maximum atomic E-state index is 3.66. The fourth-order valence-corrected chi connectivity index (χ4v) is 2.97. The second-order valence-corrected chi connectivity index (χ2v) is 5.38. The van der Waals surface area contributed by atoms with Gasteiger partial charge in [0.1, 0.15) is 0 Å². The summed E-state index contributed by atoms with van der Waals surface area (Å²) in [5, 5.41) is 2.34. The van der Waals surface area contributed by atoms with Gasteiger partial charge in [-0.15, -0.1) is 0 Å². The molecule has 0 radical (unpaired) electrons. The third-order valence-electron chi connectivity index (χ3n) is 3.83. The normalized spacial score (nSPS) is 22.1. The van der Waals surface area contributed by atoms with Crippen molar-refractivity contribution in [2.75, 3.05) is 32.2 Å². The number of rotatable bonds is 3. The zero-order valence-corrected chi connectivity index (χ0v) is 10.7. The number of nitrogens with zero attached hydrogens (tertiary/aromatic N) is 2. The van der Waals surface area contributed by atoms with E-state index in [2.05, 4.69) is 47.6 Å². The van der Waals surface area contributed by atoms with E-state index in [1.165, 1.54) is 24.9 Å². The standard InChI is InChI=1S/C14H21N3/c1-16(2)9-10-17-13-8-4-6-11-5-3-7-12(15-17)14(11)13/h4,6,8,12,15H,3,5,7,9-10H2,1-2H3. The molecule has 17 heavy (non-hydrogen) atoms. The first-order chi connectivity index (χ1) is 8.25. The third kappa shape index (κ3) is 1.94. The summed E-state index contributed by atoms with van der Waals surface area (Å²) in [4.78, 5) is 2.23. The molecule has 0 aromatic heterocycles. The number of likely N-dealkylation sites (N-methyl/N-ethyl adjacent to an activating group) is 1. The maximum absolute atomic E-state index is 3.66. The Hall–Kier alpha value is -1.06. The van der Waals surface area contributed by atoms with Gasteiger partial charge in [-0.2, -0.15) is 0 Å². The second kappa shape index (κ2) is 4.31. The number of aryl methyl sites for hydroxylation is 1. The minimum atomic E-state index is 0.567. The van der Waals surface area contributed by atoms with Gasteiger partial charge in [0.15, 0.2) is 0 Å². The van der Waals surface area contributed by atoms with Crippen molar-refractivity contribution < 1.29 is 0 Å². The molecule has 1 heterocycles. The summed E-state index contributed by atoms with van der Waals surface area (Å²) in [6.07, 6.45) is 3.85. The minimum absolute atomic E-state index is 0.567. The predicted molar refractivity (Wildman–Crippen MR) is 71.2 cm³/mol. The Morgan fingerprint density at radius 2 is 2.29 bits per heavy atom. The first-order valence-corrected chi connectivity index (χ1v) is 6.56. The topological polar surface area (TPSA) is 18.5 Å². The Morgan fingerprint density at radius 3 is 3.12 bits per heavy atom. The van der Waals surface area contributed by atoms with E-state index in [0.717, 1.165) is 13.1 Å². The molecule has 1 unspecified atom stereocenters. The number of nitrogens with one attached hydrogen (secondary N) is 1. The number of benzene rings is 1. The molecule has 0 saturated heterocycles. The molecule has 0 saturated carbocycles. The van der Waals surface area contributed by atoms with Gasteiger partial charge in [0, 0.05) is 13.1 Å². The van der Waals surface area contributed by atoms with Crippen LogP contribution in [0.3, 0.4) is 0 Å². The van der Waals surface area contributed by atoms with Crippen LogP contribution < -0.4 is 10.4 Å². The molecule has 3 rings (SSSR count). The highest BCUT2D eigenvalue weighted by molar-refractivity contribution is 5.62. The predicted octanol–water partition coefficient (Wildman–Crippen LogP) is 1.95. The van der Waals surface area contributed by atoms with E-state index in [0.29, 0.717) is 6.04 Å². The lowest BCUT2D eigenvalue weighted by Gasteiger charge is -2.23. The Morgan fingerprint density at radius 1 is 1.41 bits per heavy atom.